The molecule has 216 valence electrons. The van der Waals surface area contributed by atoms with E-state index in [9.17, 15) is 22.0 Å². The summed E-state index contributed by atoms with van der Waals surface area (Å²) in [6.45, 7) is 3.93. The number of halogens is 7. The van der Waals surface area contributed by atoms with Crippen molar-refractivity contribution in [3.05, 3.63) is 88.5 Å². The highest BCUT2D eigenvalue weighted by molar-refractivity contribution is 5.68. The molecular formula is C33H35F7. The second-order valence-corrected chi connectivity index (χ2v) is 11.9. The molecule has 3 aliphatic carbocycles. The summed E-state index contributed by atoms with van der Waals surface area (Å²) in [7, 11) is 0. The predicted molar refractivity (Wildman–Crippen MR) is 143 cm³/mol. The van der Waals surface area contributed by atoms with Gasteiger partial charge in [0.2, 0.25) is 0 Å². The summed E-state index contributed by atoms with van der Waals surface area (Å²) >= 11 is 0. The highest BCUT2D eigenvalue weighted by Crippen LogP contribution is 2.45. The standard InChI is InChI=1S/C33H35F7/c1-2-19-3-5-20(6-4-19)21-7-9-22(10-8-21)25-15-27(34)31(28(35)16-25)24-13-11-23(12-14-24)26-17-29(36)32(30(37)18-26)33(38,39)40/h2,13,15-23H,1,3-12,14H2. The second kappa shape index (κ2) is 11.7. The maximum Gasteiger partial charge on any atom is 0.422 e. The molecule has 0 nitrogen and oxygen atoms in total. The van der Waals surface area contributed by atoms with E-state index >= 15 is 8.78 Å². The van der Waals surface area contributed by atoms with Crippen LogP contribution >= 0.6 is 0 Å². The van der Waals surface area contributed by atoms with Gasteiger partial charge in [-0.05, 0) is 141 Å². The number of hydrogen-bond donors (Lipinski definition) is 0. The minimum absolute atomic E-state index is 0.0837. The molecule has 2 fully saturated rings. The first-order valence-electron chi connectivity index (χ1n) is 14.4. The van der Waals surface area contributed by atoms with Crippen LogP contribution in [-0.4, -0.2) is 0 Å². The van der Waals surface area contributed by atoms with Gasteiger partial charge in [-0.2, -0.15) is 13.2 Å². The molecule has 0 spiro atoms. The van der Waals surface area contributed by atoms with Gasteiger partial charge in [0.15, 0.2) is 0 Å². The number of allylic oxidation sites excluding steroid dienone is 3. The predicted octanol–water partition coefficient (Wildman–Crippen LogP) is 10.9. The Kier molecular flexibility index (Phi) is 8.49. The summed E-state index contributed by atoms with van der Waals surface area (Å²) < 4.78 is 97.4. The largest absolute Gasteiger partial charge is 0.422 e. The highest BCUT2D eigenvalue weighted by atomic mass is 19.4. The summed E-state index contributed by atoms with van der Waals surface area (Å²) in [5, 5.41) is 0. The molecule has 1 unspecified atom stereocenters. The normalized spacial score (nSPS) is 27.8. The topological polar surface area (TPSA) is 0 Å². The van der Waals surface area contributed by atoms with Crippen molar-refractivity contribution >= 4 is 5.57 Å². The first-order chi connectivity index (χ1) is 19.0. The fraction of sp³-hybridized carbons (Fsp3) is 0.515. The highest BCUT2D eigenvalue weighted by Gasteiger charge is 2.38. The Labute approximate surface area is 231 Å². The number of alkyl halides is 3. The SMILES string of the molecule is C=CC1CCC(C2CCC(c3cc(F)c(C4=CCC(c5cc(F)c(C(F)(F)F)c(F)c5)CC4)c(F)c3)CC2)CC1. The third-order valence-corrected chi connectivity index (χ3v) is 9.68. The average Bonchev–Trinajstić information content (AvgIpc) is 2.92. The molecule has 0 aliphatic heterocycles. The van der Waals surface area contributed by atoms with Crippen molar-refractivity contribution in [2.45, 2.75) is 88.6 Å². The van der Waals surface area contributed by atoms with Crippen molar-refractivity contribution < 1.29 is 30.7 Å². The molecule has 0 saturated heterocycles. The summed E-state index contributed by atoms with van der Waals surface area (Å²) in [5.74, 6) is -2.78. The maximum atomic E-state index is 15.3. The molecular weight excluding hydrogens is 529 g/mol. The lowest BCUT2D eigenvalue weighted by Gasteiger charge is -2.37. The Morgan fingerprint density at radius 1 is 0.650 bits per heavy atom. The summed E-state index contributed by atoms with van der Waals surface area (Å²) in [6, 6.07) is 4.33. The molecule has 0 radical (unpaired) electrons. The Bertz CT molecular complexity index is 1210. The van der Waals surface area contributed by atoms with Crippen molar-refractivity contribution in [2.24, 2.45) is 17.8 Å². The monoisotopic (exact) mass is 564 g/mol. The van der Waals surface area contributed by atoms with E-state index in [0.29, 0.717) is 41.5 Å². The van der Waals surface area contributed by atoms with Crippen LogP contribution in [-0.2, 0) is 6.18 Å². The summed E-state index contributed by atoms with van der Waals surface area (Å²) in [5.41, 5.74) is -0.711. The first-order valence-corrected chi connectivity index (χ1v) is 14.4. The van der Waals surface area contributed by atoms with E-state index in [1.165, 1.54) is 37.8 Å². The zero-order valence-electron chi connectivity index (χ0n) is 22.5. The van der Waals surface area contributed by atoms with E-state index in [2.05, 4.69) is 12.7 Å². The van der Waals surface area contributed by atoms with Gasteiger partial charge in [-0.1, -0.05) is 12.2 Å². The van der Waals surface area contributed by atoms with Crippen LogP contribution in [0.2, 0.25) is 0 Å². The molecule has 2 aromatic rings. The molecule has 0 N–H and O–H groups in total. The van der Waals surface area contributed by atoms with Crippen LogP contribution in [0.5, 0.6) is 0 Å². The van der Waals surface area contributed by atoms with Crippen LogP contribution in [0, 0.1) is 41.0 Å². The van der Waals surface area contributed by atoms with Crippen LogP contribution in [0.4, 0.5) is 30.7 Å². The van der Waals surface area contributed by atoms with Crippen molar-refractivity contribution in [1.82, 2.24) is 0 Å². The Morgan fingerprint density at radius 3 is 1.62 bits per heavy atom. The molecule has 3 aliphatic rings. The van der Waals surface area contributed by atoms with Crippen molar-refractivity contribution in [2.75, 3.05) is 0 Å². The van der Waals surface area contributed by atoms with Crippen LogP contribution in [0.15, 0.2) is 43.0 Å². The van der Waals surface area contributed by atoms with Gasteiger partial charge in [-0.25, -0.2) is 17.6 Å². The van der Waals surface area contributed by atoms with Gasteiger partial charge in [0, 0.05) is 5.56 Å². The third kappa shape index (κ3) is 6.03. The minimum Gasteiger partial charge on any atom is -0.206 e. The average molecular weight is 565 g/mol. The first kappa shape index (κ1) is 28.9. The van der Waals surface area contributed by atoms with Crippen molar-refractivity contribution in [1.29, 1.82) is 0 Å². The summed E-state index contributed by atoms with van der Waals surface area (Å²) in [6.07, 6.45) is 8.27. The van der Waals surface area contributed by atoms with Gasteiger partial charge < -0.3 is 0 Å². The number of rotatable bonds is 5. The van der Waals surface area contributed by atoms with Gasteiger partial charge in [-0.3, -0.25) is 0 Å². The third-order valence-electron chi connectivity index (χ3n) is 9.68. The van der Waals surface area contributed by atoms with E-state index in [1.54, 1.807) is 6.08 Å². The van der Waals surface area contributed by atoms with Gasteiger partial charge >= 0.3 is 6.18 Å². The second-order valence-electron chi connectivity index (χ2n) is 11.9. The van der Waals surface area contributed by atoms with E-state index in [-0.39, 0.29) is 29.9 Å². The van der Waals surface area contributed by atoms with Crippen molar-refractivity contribution in [3.8, 4) is 0 Å². The quantitative estimate of drug-likeness (QED) is 0.250. The molecule has 7 heteroatoms. The lowest BCUT2D eigenvalue weighted by atomic mass is 9.68. The minimum atomic E-state index is -5.13. The van der Waals surface area contributed by atoms with Crippen LogP contribution in [0.25, 0.3) is 5.57 Å². The smallest absolute Gasteiger partial charge is 0.206 e. The van der Waals surface area contributed by atoms with Gasteiger partial charge in [0.1, 0.15) is 28.8 Å². The van der Waals surface area contributed by atoms with E-state index in [0.717, 1.165) is 31.6 Å². The van der Waals surface area contributed by atoms with E-state index in [1.807, 2.05) is 0 Å². The number of benzene rings is 2. The van der Waals surface area contributed by atoms with Gasteiger partial charge in [0.05, 0.1) is 0 Å². The molecule has 2 saturated carbocycles. The summed E-state index contributed by atoms with van der Waals surface area (Å²) in [4.78, 5) is 0. The lowest BCUT2D eigenvalue weighted by molar-refractivity contribution is -0.142. The van der Waals surface area contributed by atoms with Gasteiger partial charge in [-0.15, -0.1) is 6.58 Å². The Morgan fingerprint density at radius 2 is 1.15 bits per heavy atom. The fourth-order valence-electron chi connectivity index (χ4n) is 7.37. The van der Waals surface area contributed by atoms with Crippen LogP contribution < -0.4 is 0 Å². The number of hydrogen-bond acceptors (Lipinski definition) is 0. The zero-order chi connectivity index (χ0) is 28.6. The Hall–Kier alpha value is -2.57. The molecule has 0 bridgehead atoms. The fourth-order valence-corrected chi connectivity index (χ4v) is 7.37. The van der Waals surface area contributed by atoms with E-state index < -0.39 is 40.9 Å². The van der Waals surface area contributed by atoms with E-state index in [4.69, 9.17) is 0 Å². The molecule has 0 amide bonds. The molecule has 0 heterocycles. The Balaban J connectivity index is 1.24. The van der Waals surface area contributed by atoms with Crippen molar-refractivity contribution in [3.63, 3.8) is 0 Å². The molecule has 40 heavy (non-hydrogen) atoms. The lowest BCUT2D eigenvalue weighted by Crippen LogP contribution is -2.25. The maximum absolute atomic E-state index is 15.3. The molecule has 5 rings (SSSR count). The van der Waals surface area contributed by atoms with Crippen LogP contribution in [0.1, 0.15) is 105 Å². The van der Waals surface area contributed by atoms with Gasteiger partial charge in [0.25, 0.3) is 0 Å². The van der Waals surface area contributed by atoms with Crippen LogP contribution in [0.3, 0.4) is 0 Å². The molecule has 1 atom stereocenters. The zero-order valence-corrected chi connectivity index (χ0v) is 22.5. The molecule has 2 aromatic carbocycles. The molecule has 0 aromatic heterocycles.